The average molecular weight is 426 g/mol. The summed E-state index contributed by atoms with van der Waals surface area (Å²) in [6.45, 7) is 2.19. The highest BCUT2D eigenvalue weighted by molar-refractivity contribution is 7.89. The first-order chi connectivity index (χ1) is 13.7. The van der Waals surface area contributed by atoms with E-state index < -0.39 is 28.6 Å². The molecule has 1 atom stereocenters. The molecule has 0 heterocycles. The molecule has 2 rings (SSSR count). The fraction of sp³-hybridized carbons (Fsp3) is 0.526. The maximum Gasteiger partial charge on any atom is 0.321 e. The minimum absolute atomic E-state index is 0.0671. The van der Waals surface area contributed by atoms with Crippen molar-refractivity contribution in [3.63, 3.8) is 0 Å². The molecule has 9 nitrogen and oxygen atoms in total. The van der Waals surface area contributed by atoms with Gasteiger partial charge in [-0.25, -0.2) is 8.42 Å². The zero-order chi connectivity index (χ0) is 21.4. The van der Waals surface area contributed by atoms with Gasteiger partial charge in [0, 0.05) is 18.7 Å². The summed E-state index contributed by atoms with van der Waals surface area (Å²) in [5.74, 6) is -1.51. The lowest BCUT2D eigenvalue weighted by Crippen LogP contribution is -2.43. The molecule has 1 aromatic rings. The summed E-state index contributed by atoms with van der Waals surface area (Å²) < 4.78 is 31.7. The molecule has 1 aliphatic carbocycles. The van der Waals surface area contributed by atoms with E-state index in [-0.39, 0.29) is 22.8 Å². The second kappa shape index (κ2) is 10.4. The van der Waals surface area contributed by atoms with Gasteiger partial charge in [0.25, 0.3) is 5.91 Å². The van der Waals surface area contributed by atoms with Gasteiger partial charge >= 0.3 is 5.97 Å². The topological polar surface area (TPSA) is 131 Å². The van der Waals surface area contributed by atoms with Crippen LogP contribution in [0.2, 0.25) is 0 Å². The molecule has 1 fully saturated rings. The van der Waals surface area contributed by atoms with E-state index in [1.165, 1.54) is 38.1 Å². The Bertz CT molecular complexity index is 832. The van der Waals surface area contributed by atoms with Crippen LogP contribution in [0.5, 0.6) is 0 Å². The molecular weight excluding hydrogens is 398 g/mol. The minimum atomic E-state index is -3.94. The van der Waals surface area contributed by atoms with Crippen LogP contribution in [0.1, 0.15) is 46.0 Å². The third-order valence-corrected chi connectivity index (χ3v) is 5.94. The number of carbonyl (C=O) groups excluding carboxylic acids is 3. The van der Waals surface area contributed by atoms with E-state index in [0.29, 0.717) is 5.69 Å². The molecule has 2 amide bonds. The standard InChI is InChI=1S/C19H27N3O6S/c1-13(19(25)22-15-6-4-3-5-7-15)28-18(24)12-20-29(26,27)17-10-8-16(9-11-17)21-14(2)23/h8-11,13,15,20H,3-7,12H2,1-2H3,(H,21,23)(H,22,25)/t13-/m0/s1. The first-order valence-corrected chi connectivity index (χ1v) is 11.0. The summed E-state index contributed by atoms with van der Waals surface area (Å²) in [5.41, 5.74) is 0.452. The molecule has 10 heteroatoms. The van der Waals surface area contributed by atoms with Gasteiger partial charge in [-0.2, -0.15) is 4.72 Å². The highest BCUT2D eigenvalue weighted by atomic mass is 32.2. The van der Waals surface area contributed by atoms with Gasteiger partial charge in [0.2, 0.25) is 15.9 Å². The molecule has 1 aromatic carbocycles. The van der Waals surface area contributed by atoms with E-state index in [2.05, 4.69) is 15.4 Å². The van der Waals surface area contributed by atoms with Crippen LogP contribution < -0.4 is 15.4 Å². The van der Waals surface area contributed by atoms with Crippen molar-refractivity contribution >= 4 is 33.5 Å². The third-order valence-electron chi connectivity index (χ3n) is 4.52. The van der Waals surface area contributed by atoms with Gasteiger partial charge in [-0.15, -0.1) is 0 Å². The second-order valence-electron chi connectivity index (χ2n) is 7.01. The summed E-state index contributed by atoms with van der Waals surface area (Å²) in [4.78, 5) is 35.0. The SMILES string of the molecule is CC(=O)Nc1ccc(S(=O)(=O)NCC(=O)O[C@@H](C)C(=O)NC2CCCCC2)cc1. The molecule has 0 aliphatic heterocycles. The highest BCUT2D eigenvalue weighted by Crippen LogP contribution is 2.17. The van der Waals surface area contributed by atoms with Crippen molar-refractivity contribution in [2.75, 3.05) is 11.9 Å². The number of carbonyl (C=O) groups is 3. The normalized spacial score (nSPS) is 15.9. The van der Waals surface area contributed by atoms with Crippen LogP contribution in [0.15, 0.2) is 29.2 Å². The molecular formula is C19H27N3O6S. The lowest BCUT2D eigenvalue weighted by atomic mass is 9.95. The fourth-order valence-electron chi connectivity index (χ4n) is 3.02. The van der Waals surface area contributed by atoms with E-state index in [4.69, 9.17) is 4.74 Å². The fourth-order valence-corrected chi connectivity index (χ4v) is 3.98. The lowest BCUT2D eigenvalue weighted by Gasteiger charge is -2.24. The van der Waals surface area contributed by atoms with E-state index >= 15 is 0 Å². The Morgan fingerprint density at radius 2 is 1.72 bits per heavy atom. The van der Waals surface area contributed by atoms with E-state index in [0.717, 1.165) is 32.1 Å². The monoisotopic (exact) mass is 425 g/mol. The molecule has 0 saturated heterocycles. The number of hydrogen-bond donors (Lipinski definition) is 3. The predicted molar refractivity (Wildman–Crippen MR) is 107 cm³/mol. The average Bonchev–Trinajstić information content (AvgIpc) is 2.67. The lowest BCUT2D eigenvalue weighted by molar-refractivity contribution is -0.154. The van der Waals surface area contributed by atoms with Gasteiger partial charge in [-0.05, 0) is 44.0 Å². The number of esters is 1. The number of nitrogens with one attached hydrogen (secondary N) is 3. The van der Waals surface area contributed by atoms with Crippen molar-refractivity contribution in [3.05, 3.63) is 24.3 Å². The third kappa shape index (κ3) is 7.47. The zero-order valence-corrected chi connectivity index (χ0v) is 17.4. The molecule has 0 spiro atoms. The van der Waals surface area contributed by atoms with Crippen LogP contribution in [0.4, 0.5) is 5.69 Å². The summed E-state index contributed by atoms with van der Waals surface area (Å²) in [7, 11) is -3.94. The summed E-state index contributed by atoms with van der Waals surface area (Å²) >= 11 is 0. The van der Waals surface area contributed by atoms with E-state index in [9.17, 15) is 22.8 Å². The van der Waals surface area contributed by atoms with Gasteiger partial charge in [-0.1, -0.05) is 19.3 Å². The van der Waals surface area contributed by atoms with Gasteiger partial charge in [0.15, 0.2) is 6.10 Å². The van der Waals surface area contributed by atoms with Crippen molar-refractivity contribution in [1.29, 1.82) is 0 Å². The highest BCUT2D eigenvalue weighted by Gasteiger charge is 2.23. The van der Waals surface area contributed by atoms with Crippen molar-refractivity contribution in [1.82, 2.24) is 10.0 Å². The first kappa shape index (κ1) is 22.8. The van der Waals surface area contributed by atoms with Gasteiger partial charge in [-0.3, -0.25) is 14.4 Å². The van der Waals surface area contributed by atoms with Crippen molar-refractivity contribution in [2.24, 2.45) is 0 Å². The van der Waals surface area contributed by atoms with Crippen LogP contribution in [-0.4, -0.2) is 44.9 Å². The zero-order valence-electron chi connectivity index (χ0n) is 16.6. The number of anilines is 1. The Kier molecular flexibility index (Phi) is 8.15. The predicted octanol–water partition coefficient (Wildman–Crippen LogP) is 1.30. The number of ether oxygens (including phenoxy) is 1. The second-order valence-corrected chi connectivity index (χ2v) is 8.77. The van der Waals surface area contributed by atoms with Crippen molar-refractivity contribution in [3.8, 4) is 0 Å². The number of hydrogen-bond acceptors (Lipinski definition) is 6. The maximum atomic E-state index is 12.3. The number of sulfonamides is 1. The van der Waals surface area contributed by atoms with Crippen LogP contribution >= 0.6 is 0 Å². The van der Waals surface area contributed by atoms with Crippen molar-refractivity contribution < 1.29 is 27.5 Å². The van der Waals surface area contributed by atoms with E-state index in [1.54, 1.807) is 0 Å². The Balaban J connectivity index is 1.82. The summed E-state index contributed by atoms with van der Waals surface area (Å²) in [5, 5.41) is 5.38. The minimum Gasteiger partial charge on any atom is -0.452 e. The van der Waals surface area contributed by atoms with E-state index in [1.807, 2.05) is 0 Å². The van der Waals surface area contributed by atoms with Crippen LogP contribution in [0.3, 0.4) is 0 Å². The number of amides is 2. The smallest absolute Gasteiger partial charge is 0.321 e. The van der Waals surface area contributed by atoms with Crippen molar-refractivity contribution in [2.45, 2.75) is 63.0 Å². The molecule has 1 aliphatic rings. The van der Waals surface area contributed by atoms with Crippen LogP contribution in [0.25, 0.3) is 0 Å². The molecule has 0 radical (unpaired) electrons. The molecule has 1 saturated carbocycles. The van der Waals surface area contributed by atoms with Crippen LogP contribution in [-0.2, 0) is 29.1 Å². The molecule has 160 valence electrons. The Morgan fingerprint density at radius 1 is 1.10 bits per heavy atom. The van der Waals surface area contributed by atoms with Gasteiger partial charge in [0.05, 0.1) is 4.90 Å². The van der Waals surface area contributed by atoms with Crippen LogP contribution in [0, 0.1) is 0 Å². The number of rotatable bonds is 8. The Hall–Kier alpha value is -2.46. The number of benzene rings is 1. The largest absolute Gasteiger partial charge is 0.452 e. The van der Waals surface area contributed by atoms with Gasteiger partial charge in [0.1, 0.15) is 6.54 Å². The quantitative estimate of drug-likeness (QED) is 0.538. The Morgan fingerprint density at radius 3 is 2.31 bits per heavy atom. The molecule has 3 N–H and O–H groups in total. The molecule has 0 bridgehead atoms. The Labute approximate surface area is 170 Å². The molecule has 0 aromatic heterocycles. The molecule has 0 unspecified atom stereocenters. The van der Waals surface area contributed by atoms with Gasteiger partial charge < -0.3 is 15.4 Å². The first-order valence-electron chi connectivity index (χ1n) is 9.54. The molecule has 29 heavy (non-hydrogen) atoms. The summed E-state index contributed by atoms with van der Waals surface area (Å²) in [6, 6.07) is 5.58. The maximum absolute atomic E-state index is 12.3. The summed E-state index contributed by atoms with van der Waals surface area (Å²) in [6.07, 6.45) is 4.09.